The first-order valence-corrected chi connectivity index (χ1v) is 10.8. The quantitative estimate of drug-likeness (QED) is 0.625. The molecule has 0 radical (unpaired) electrons. The van der Waals surface area contributed by atoms with E-state index < -0.39 is 21.8 Å². The number of sulfonamides is 1. The third kappa shape index (κ3) is 5.13. The van der Waals surface area contributed by atoms with Crippen molar-refractivity contribution in [3.8, 4) is 11.5 Å². The summed E-state index contributed by atoms with van der Waals surface area (Å²) in [5.74, 6) is -0.523. The van der Waals surface area contributed by atoms with Crippen molar-refractivity contribution in [3.05, 3.63) is 53.6 Å². The van der Waals surface area contributed by atoms with Crippen LogP contribution in [0.3, 0.4) is 0 Å². The SMILES string of the molecule is COc1ccc(C(=O)NNC(=O)c2cc(S(=O)(=O)N3CCOCC3)ccc2OC)cc1. The number of hydrogen-bond acceptors (Lipinski definition) is 7. The number of hydrazine groups is 1. The van der Waals surface area contributed by atoms with Crippen LogP contribution in [0.1, 0.15) is 20.7 Å². The van der Waals surface area contributed by atoms with Gasteiger partial charge in [0.05, 0.1) is 37.9 Å². The van der Waals surface area contributed by atoms with Gasteiger partial charge >= 0.3 is 0 Å². The summed E-state index contributed by atoms with van der Waals surface area (Å²) in [6, 6.07) is 10.3. The number of hydrogen-bond donors (Lipinski definition) is 2. The van der Waals surface area contributed by atoms with Crippen LogP contribution >= 0.6 is 0 Å². The largest absolute Gasteiger partial charge is 0.497 e. The molecule has 1 aliphatic heterocycles. The summed E-state index contributed by atoms with van der Waals surface area (Å²) in [5.41, 5.74) is 4.84. The van der Waals surface area contributed by atoms with Gasteiger partial charge in [0.1, 0.15) is 11.5 Å². The van der Waals surface area contributed by atoms with E-state index in [0.29, 0.717) is 24.5 Å². The lowest BCUT2D eigenvalue weighted by Crippen LogP contribution is -2.42. The predicted octanol–water partition coefficient (Wildman–Crippen LogP) is 0.800. The summed E-state index contributed by atoms with van der Waals surface area (Å²) < 4.78 is 42.5. The number of rotatable bonds is 6. The Kier molecular flexibility index (Phi) is 7.10. The lowest BCUT2D eigenvalue weighted by atomic mass is 10.2. The molecule has 0 atom stereocenters. The van der Waals surface area contributed by atoms with E-state index in [9.17, 15) is 18.0 Å². The fourth-order valence-corrected chi connectivity index (χ4v) is 4.39. The van der Waals surface area contributed by atoms with Gasteiger partial charge in [0.15, 0.2) is 0 Å². The van der Waals surface area contributed by atoms with E-state index in [1.54, 1.807) is 12.1 Å². The lowest BCUT2D eigenvalue weighted by Gasteiger charge is -2.26. The van der Waals surface area contributed by atoms with Crippen molar-refractivity contribution in [3.63, 3.8) is 0 Å². The molecule has 1 fully saturated rings. The summed E-state index contributed by atoms with van der Waals surface area (Å²) in [5, 5.41) is 0. The van der Waals surface area contributed by atoms with Gasteiger partial charge in [0.25, 0.3) is 11.8 Å². The summed E-state index contributed by atoms with van der Waals surface area (Å²) in [6.45, 7) is 1.07. The minimum atomic E-state index is -3.81. The number of amides is 2. The summed E-state index contributed by atoms with van der Waals surface area (Å²) >= 11 is 0. The first kappa shape index (κ1) is 22.5. The number of ether oxygens (including phenoxy) is 3. The summed E-state index contributed by atoms with van der Waals surface area (Å²) in [6.07, 6.45) is 0. The van der Waals surface area contributed by atoms with E-state index in [1.807, 2.05) is 0 Å². The standard InChI is InChI=1S/C20H23N3O7S/c1-28-15-5-3-14(4-6-15)19(24)21-22-20(25)17-13-16(7-8-18(17)29-2)31(26,27)23-9-11-30-12-10-23/h3-8,13H,9-12H2,1-2H3,(H,21,24)(H,22,25). The molecule has 166 valence electrons. The highest BCUT2D eigenvalue weighted by molar-refractivity contribution is 7.89. The topological polar surface area (TPSA) is 123 Å². The molecule has 10 nitrogen and oxygen atoms in total. The van der Waals surface area contributed by atoms with Crippen molar-refractivity contribution in [2.75, 3.05) is 40.5 Å². The molecule has 11 heteroatoms. The minimum absolute atomic E-state index is 0.0353. The van der Waals surface area contributed by atoms with Gasteiger partial charge in [-0.1, -0.05) is 0 Å². The van der Waals surface area contributed by atoms with Crippen LogP contribution in [0.25, 0.3) is 0 Å². The molecule has 2 N–H and O–H groups in total. The summed E-state index contributed by atoms with van der Waals surface area (Å²) in [4.78, 5) is 24.9. The van der Waals surface area contributed by atoms with Crippen molar-refractivity contribution in [2.45, 2.75) is 4.90 Å². The molecule has 0 spiro atoms. The zero-order valence-electron chi connectivity index (χ0n) is 17.1. The second-order valence-corrected chi connectivity index (χ2v) is 8.45. The zero-order valence-corrected chi connectivity index (χ0v) is 17.9. The average Bonchev–Trinajstić information content (AvgIpc) is 2.82. The van der Waals surface area contributed by atoms with Gasteiger partial charge in [-0.25, -0.2) is 8.42 Å². The molecule has 0 bridgehead atoms. The smallest absolute Gasteiger partial charge is 0.273 e. The number of morpholine rings is 1. The Hall–Kier alpha value is -3.15. The number of carbonyl (C=O) groups is 2. The minimum Gasteiger partial charge on any atom is -0.497 e. The Balaban J connectivity index is 1.76. The number of carbonyl (C=O) groups excluding carboxylic acids is 2. The molecule has 0 saturated carbocycles. The second kappa shape index (κ2) is 9.77. The van der Waals surface area contributed by atoms with Gasteiger partial charge in [0, 0.05) is 18.7 Å². The van der Waals surface area contributed by atoms with E-state index in [4.69, 9.17) is 14.2 Å². The first-order valence-electron chi connectivity index (χ1n) is 9.37. The maximum atomic E-state index is 12.9. The fraction of sp³-hybridized carbons (Fsp3) is 0.300. The van der Waals surface area contributed by atoms with E-state index in [0.717, 1.165) is 0 Å². The molecule has 0 aromatic heterocycles. The van der Waals surface area contributed by atoms with Crippen LogP contribution in [-0.2, 0) is 14.8 Å². The highest BCUT2D eigenvalue weighted by atomic mass is 32.2. The van der Waals surface area contributed by atoms with Crippen molar-refractivity contribution in [1.29, 1.82) is 0 Å². The normalized spacial score (nSPS) is 14.5. The molecule has 1 heterocycles. The van der Waals surface area contributed by atoms with Crippen LogP contribution in [0.2, 0.25) is 0 Å². The lowest BCUT2D eigenvalue weighted by molar-refractivity contribution is 0.0730. The second-order valence-electron chi connectivity index (χ2n) is 6.52. The molecule has 31 heavy (non-hydrogen) atoms. The van der Waals surface area contributed by atoms with Crippen LogP contribution in [0, 0.1) is 0 Å². The van der Waals surface area contributed by atoms with Crippen molar-refractivity contribution in [1.82, 2.24) is 15.2 Å². The van der Waals surface area contributed by atoms with Crippen LogP contribution in [0.5, 0.6) is 11.5 Å². The molecule has 0 aliphatic carbocycles. The third-order valence-corrected chi connectivity index (χ3v) is 6.56. The summed E-state index contributed by atoms with van der Waals surface area (Å²) in [7, 11) is -0.936. The average molecular weight is 449 g/mol. The van der Waals surface area contributed by atoms with Crippen molar-refractivity contribution in [2.24, 2.45) is 0 Å². The molecule has 1 saturated heterocycles. The Morgan fingerprint density at radius 1 is 0.935 bits per heavy atom. The van der Waals surface area contributed by atoms with Crippen LogP contribution in [0.4, 0.5) is 0 Å². The van der Waals surface area contributed by atoms with Crippen molar-refractivity contribution >= 4 is 21.8 Å². The highest BCUT2D eigenvalue weighted by Crippen LogP contribution is 2.25. The first-order chi connectivity index (χ1) is 14.9. The van der Waals surface area contributed by atoms with E-state index >= 15 is 0 Å². The van der Waals surface area contributed by atoms with Gasteiger partial charge in [-0.15, -0.1) is 0 Å². The number of nitrogens with zero attached hydrogens (tertiary/aromatic N) is 1. The number of benzene rings is 2. The Labute approximate surface area is 180 Å². The molecule has 2 aromatic carbocycles. The van der Waals surface area contributed by atoms with E-state index in [1.165, 1.54) is 48.9 Å². The zero-order chi connectivity index (χ0) is 22.4. The monoisotopic (exact) mass is 449 g/mol. The maximum absolute atomic E-state index is 12.9. The van der Waals surface area contributed by atoms with Gasteiger partial charge in [-0.05, 0) is 42.5 Å². The Morgan fingerprint density at radius 3 is 2.19 bits per heavy atom. The van der Waals surface area contributed by atoms with Gasteiger partial charge in [-0.3, -0.25) is 20.4 Å². The number of methoxy groups -OCH3 is 2. The molecule has 0 unspecified atom stereocenters. The van der Waals surface area contributed by atoms with Crippen LogP contribution < -0.4 is 20.3 Å². The molecule has 2 amide bonds. The van der Waals surface area contributed by atoms with E-state index in [-0.39, 0.29) is 29.3 Å². The molecular weight excluding hydrogens is 426 g/mol. The van der Waals surface area contributed by atoms with Crippen molar-refractivity contribution < 1.29 is 32.2 Å². The molecule has 2 aromatic rings. The van der Waals surface area contributed by atoms with Crippen LogP contribution in [0.15, 0.2) is 47.4 Å². The van der Waals surface area contributed by atoms with E-state index in [2.05, 4.69) is 10.9 Å². The molecule has 1 aliphatic rings. The molecule has 3 rings (SSSR count). The Bertz CT molecular complexity index is 1050. The predicted molar refractivity (Wildman–Crippen MR) is 110 cm³/mol. The number of nitrogens with one attached hydrogen (secondary N) is 2. The Morgan fingerprint density at radius 2 is 1.58 bits per heavy atom. The fourth-order valence-electron chi connectivity index (χ4n) is 2.96. The van der Waals surface area contributed by atoms with Crippen LogP contribution in [-0.4, -0.2) is 65.1 Å². The van der Waals surface area contributed by atoms with Gasteiger partial charge in [0.2, 0.25) is 10.0 Å². The molecular formula is C20H23N3O7S. The third-order valence-electron chi connectivity index (χ3n) is 4.67. The highest BCUT2D eigenvalue weighted by Gasteiger charge is 2.28. The maximum Gasteiger partial charge on any atom is 0.273 e. The van der Waals surface area contributed by atoms with Gasteiger partial charge in [-0.2, -0.15) is 4.31 Å². The van der Waals surface area contributed by atoms with Gasteiger partial charge < -0.3 is 14.2 Å².